The van der Waals surface area contributed by atoms with E-state index in [0.717, 1.165) is 5.69 Å². The summed E-state index contributed by atoms with van der Waals surface area (Å²) in [6.45, 7) is 2.97. The first-order valence-corrected chi connectivity index (χ1v) is 5.64. The maximum absolute atomic E-state index is 9.71. The molecule has 2 rings (SSSR count). The third-order valence-corrected chi connectivity index (χ3v) is 2.87. The van der Waals surface area contributed by atoms with Crippen LogP contribution in [0.3, 0.4) is 0 Å². The topological polar surface area (TPSA) is 50.1 Å². The monoisotopic (exact) mass is 229 g/mol. The van der Waals surface area contributed by atoms with E-state index in [2.05, 4.69) is 10.4 Å². The van der Waals surface area contributed by atoms with Gasteiger partial charge in [0.15, 0.2) is 0 Å². The van der Waals surface area contributed by atoms with Crippen molar-refractivity contribution in [3.8, 4) is 0 Å². The minimum atomic E-state index is -0.402. The Balaban J connectivity index is 1.78. The van der Waals surface area contributed by atoms with Gasteiger partial charge in [0.2, 0.25) is 0 Å². The van der Waals surface area contributed by atoms with Crippen molar-refractivity contribution in [1.29, 1.82) is 0 Å². The highest BCUT2D eigenvalue weighted by Gasteiger charge is 2.21. The molecule has 2 N–H and O–H groups in total. The standard InChI is InChI=1S/C10H16ClN3O/c1-7-10(11)6-14(13-7)5-9(15)4-12-8-2-3-8/h6,8-9,12,15H,2-5H2,1H3. The van der Waals surface area contributed by atoms with E-state index in [-0.39, 0.29) is 0 Å². The van der Waals surface area contributed by atoms with Crippen molar-refractivity contribution >= 4 is 11.6 Å². The average Bonchev–Trinajstić information content (AvgIpc) is 2.93. The third-order valence-electron chi connectivity index (χ3n) is 2.50. The van der Waals surface area contributed by atoms with Crippen molar-refractivity contribution in [2.24, 2.45) is 0 Å². The van der Waals surface area contributed by atoms with Crippen LogP contribution >= 0.6 is 11.6 Å². The Kier molecular flexibility index (Phi) is 3.29. The van der Waals surface area contributed by atoms with Crippen LogP contribution in [0.1, 0.15) is 18.5 Å². The van der Waals surface area contributed by atoms with Gasteiger partial charge in [-0.3, -0.25) is 4.68 Å². The fraction of sp³-hybridized carbons (Fsp3) is 0.700. The lowest BCUT2D eigenvalue weighted by Crippen LogP contribution is -2.31. The Labute approximate surface area is 94.2 Å². The molecule has 0 spiro atoms. The molecule has 0 bridgehead atoms. The molecule has 1 aliphatic rings. The number of nitrogens with zero attached hydrogens (tertiary/aromatic N) is 2. The van der Waals surface area contributed by atoms with Gasteiger partial charge in [-0.2, -0.15) is 5.10 Å². The Hall–Kier alpha value is -0.580. The zero-order valence-electron chi connectivity index (χ0n) is 8.78. The molecule has 84 valence electrons. The fourth-order valence-corrected chi connectivity index (χ4v) is 1.61. The number of aryl methyl sites for hydroxylation is 1. The van der Waals surface area contributed by atoms with Crippen LogP contribution in [0.25, 0.3) is 0 Å². The molecule has 1 saturated carbocycles. The molecular weight excluding hydrogens is 214 g/mol. The van der Waals surface area contributed by atoms with E-state index in [1.54, 1.807) is 10.9 Å². The Bertz CT molecular complexity index is 316. The van der Waals surface area contributed by atoms with Crippen LogP contribution in [-0.2, 0) is 6.54 Å². The third kappa shape index (κ3) is 3.19. The van der Waals surface area contributed by atoms with Gasteiger partial charge in [-0.25, -0.2) is 0 Å². The molecule has 5 heteroatoms. The van der Waals surface area contributed by atoms with E-state index in [1.807, 2.05) is 6.92 Å². The van der Waals surface area contributed by atoms with E-state index >= 15 is 0 Å². The van der Waals surface area contributed by atoms with Crippen LogP contribution in [0, 0.1) is 6.92 Å². The highest BCUT2D eigenvalue weighted by Crippen LogP contribution is 2.18. The maximum Gasteiger partial charge on any atom is 0.0860 e. The molecule has 1 heterocycles. The van der Waals surface area contributed by atoms with Gasteiger partial charge >= 0.3 is 0 Å². The summed E-state index contributed by atoms with van der Waals surface area (Å²) in [6.07, 6.45) is 3.82. The summed E-state index contributed by atoms with van der Waals surface area (Å²) < 4.78 is 1.69. The van der Waals surface area contributed by atoms with Crippen molar-refractivity contribution in [2.75, 3.05) is 6.54 Å². The second-order valence-electron chi connectivity index (χ2n) is 4.12. The number of aromatic nitrogens is 2. The molecule has 0 aliphatic heterocycles. The van der Waals surface area contributed by atoms with Gasteiger partial charge in [0.25, 0.3) is 0 Å². The number of aliphatic hydroxyl groups excluding tert-OH is 1. The van der Waals surface area contributed by atoms with Crippen molar-refractivity contribution in [2.45, 2.75) is 38.5 Å². The average molecular weight is 230 g/mol. The van der Waals surface area contributed by atoms with Crippen molar-refractivity contribution in [1.82, 2.24) is 15.1 Å². The van der Waals surface area contributed by atoms with Gasteiger partial charge in [0.05, 0.1) is 23.4 Å². The molecular formula is C10H16ClN3O. The molecule has 1 atom stereocenters. The van der Waals surface area contributed by atoms with E-state index in [1.165, 1.54) is 12.8 Å². The van der Waals surface area contributed by atoms with Gasteiger partial charge in [-0.05, 0) is 19.8 Å². The Morgan fingerprint density at radius 2 is 2.47 bits per heavy atom. The molecule has 0 aromatic carbocycles. The normalized spacial score (nSPS) is 18.1. The van der Waals surface area contributed by atoms with Crippen LogP contribution in [0.2, 0.25) is 5.02 Å². The van der Waals surface area contributed by atoms with Crippen LogP contribution < -0.4 is 5.32 Å². The first-order valence-electron chi connectivity index (χ1n) is 5.26. The predicted molar refractivity (Wildman–Crippen MR) is 59.0 cm³/mol. The van der Waals surface area contributed by atoms with Crippen LogP contribution in [0.4, 0.5) is 0 Å². The summed E-state index contributed by atoms with van der Waals surface area (Å²) in [7, 11) is 0. The lowest BCUT2D eigenvalue weighted by molar-refractivity contribution is 0.146. The van der Waals surface area contributed by atoms with Crippen LogP contribution in [-0.4, -0.2) is 33.6 Å². The molecule has 1 fully saturated rings. The smallest absolute Gasteiger partial charge is 0.0860 e. The summed E-state index contributed by atoms with van der Waals surface area (Å²) in [5, 5.41) is 17.8. The largest absolute Gasteiger partial charge is 0.390 e. The van der Waals surface area contributed by atoms with E-state index in [0.29, 0.717) is 24.2 Å². The quantitative estimate of drug-likeness (QED) is 0.791. The number of hydrogen-bond acceptors (Lipinski definition) is 3. The minimum Gasteiger partial charge on any atom is -0.390 e. The second kappa shape index (κ2) is 4.51. The first kappa shape index (κ1) is 10.9. The zero-order chi connectivity index (χ0) is 10.8. The number of rotatable bonds is 5. The molecule has 1 aromatic heterocycles. The Morgan fingerprint density at radius 1 is 1.73 bits per heavy atom. The summed E-state index contributed by atoms with van der Waals surface area (Å²) in [4.78, 5) is 0. The molecule has 1 aliphatic carbocycles. The van der Waals surface area contributed by atoms with Crippen LogP contribution in [0.5, 0.6) is 0 Å². The summed E-state index contributed by atoms with van der Waals surface area (Å²) in [5.41, 5.74) is 0.805. The van der Waals surface area contributed by atoms with Gasteiger partial charge in [-0.1, -0.05) is 11.6 Å². The van der Waals surface area contributed by atoms with Gasteiger partial charge < -0.3 is 10.4 Å². The molecule has 4 nitrogen and oxygen atoms in total. The molecule has 1 unspecified atom stereocenters. The lowest BCUT2D eigenvalue weighted by Gasteiger charge is -2.11. The highest BCUT2D eigenvalue weighted by atomic mass is 35.5. The van der Waals surface area contributed by atoms with Crippen molar-refractivity contribution in [3.05, 3.63) is 16.9 Å². The summed E-state index contributed by atoms with van der Waals surface area (Å²) in [6, 6.07) is 0.627. The minimum absolute atomic E-state index is 0.402. The van der Waals surface area contributed by atoms with Crippen molar-refractivity contribution in [3.63, 3.8) is 0 Å². The fourth-order valence-electron chi connectivity index (χ4n) is 1.46. The molecule has 15 heavy (non-hydrogen) atoms. The van der Waals surface area contributed by atoms with Gasteiger partial charge in [0, 0.05) is 18.8 Å². The number of hydrogen-bond donors (Lipinski definition) is 2. The number of nitrogens with one attached hydrogen (secondary N) is 1. The molecule has 0 radical (unpaired) electrons. The second-order valence-corrected chi connectivity index (χ2v) is 4.53. The first-order chi connectivity index (χ1) is 7.15. The van der Waals surface area contributed by atoms with E-state index < -0.39 is 6.10 Å². The molecule has 1 aromatic rings. The lowest BCUT2D eigenvalue weighted by atomic mass is 10.3. The maximum atomic E-state index is 9.71. The summed E-state index contributed by atoms with van der Waals surface area (Å²) in [5.74, 6) is 0. The van der Waals surface area contributed by atoms with Gasteiger partial charge in [-0.15, -0.1) is 0 Å². The molecule has 0 saturated heterocycles. The number of aliphatic hydroxyl groups is 1. The molecule has 0 amide bonds. The van der Waals surface area contributed by atoms with Crippen LogP contribution in [0.15, 0.2) is 6.20 Å². The van der Waals surface area contributed by atoms with Crippen molar-refractivity contribution < 1.29 is 5.11 Å². The SMILES string of the molecule is Cc1nn(CC(O)CNC2CC2)cc1Cl. The summed E-state index contributed by atoms with van der Waals surface area (Å²) >= 11 is 5.87. The highest BCUT2D eigenvalue weighted by molar-refractivity contribution is 6.31. The number of halogens is 1. The van der Waals surface area contributed by atoms with E-state index in [9.17, 15) is 5.11 Å². The predicted octanol–water partition coefficient (Wildman–Crippen LogP) is 0.958. The van der Waals surface area contributed by atoms with E-state index in [4.69, 9.17) is 11.6 Å². The Morgan fingerprint density at radius 3 is 3.00 bits per heavy atom. The zero-order valence-corrected chi connectivity index (χ0v) is 9.54. The van der Waals surface area contributed by atoms with Gasteiger partial charge in [0.1, 0.15) is 0 Å².